The van der Waals surface area contributed by atoms with Gasteiger partial charge in [0, 0.05) is 4.88 Å². The van der Waals surface area contributed by atoms with Gasteiger partial charge in [0.15, 0.2) is 0 Å². The van der Waals surface area contributed by atoms with Crippen molar-refractivity contribution in [3.8, 4) is 6.07 Å². The zero-order chi connectivity index (χ0) is 17.9. The molecule has 0 fully saturated rings. The molecule has 2 aromatic heterocycles. The fourth-order valence-electron chi connectivity index (χ4n) is 2.40. The third-order valence-corrected chi connectivity index (χ3v) is 4.83. The number of amides is 1. The van der Waals surface area contributed by atoms with Crippen molar-refractivity contribution in [3.63, 3.8) is 0 Å². The summed E-state index contributed by atoms with van der Waals surface area (Å²) in [7, 11) is 0. The molecule has 24 heavy (non-hydrogen) atoms. The molecular formula is C17H20N4O2S. The molecule has 6 nitrogen and oxygen atoms in total. The summed E-state index contributed by atoms with van der Waals surface area (Å²) in [6.07, 6.45) is 0. The minimum absolute atomic E-state index is 0.0361. The van der Waals surface area contributed by atoms with Gasteiger partial charge in [-0.05, 0) is 36.8 Å². The SMILES string of the molecule is Cc1nn(CC(=O)NC(c2cccs2)C(C)C)c(=O)c(C#N)c1C. The number of thiophene rings is 1. The molecule has 7 heteroatoms. The van der Waals surface area contributed by atoms with E-state index in [2.05, 4.69) is 10.4 Å². The number of hydrogen-bond acceptors (Lipinski definition) is 5. The highest BCUT2D eigenvalue weighted by atomic mass is 32.1. The molecule has 0 saturated heterocycles. The van der Waals surface area contributed by atoms with Crippen LogP contribution in [0.15, 0.2) is 22.3 Å². The molecule has 2 rings (SSSR count). The van der Waals surface area contributed by atoms with Crippen molar-refractivity contribution in [1.82, 2.24) is 15.1 Å². The van der Waals surface area contributed by atoms with Crippen molar-refractivity contribution >= 4 is 17.2 Å². The molecule has 0 saturated carbocycles. The van der Waals surface area contributed by atoms with Crippen LogP contribution >= 0.6 is 11.3 Å². The zero-order valence-electron chi connectivity index (χ0n) is 14.2. The van der Waals surface area contributed by atoms with Crippen LogP contribution in [-0.2, 0) is 11.3 Å². The Balaban J connectivity index is 2.23. The maximum absolute atomic E-state index is 12.4. The Labute approximate surface area is 144 Å². The molecule has 1 atom stereocenters. The summed E-state index contributed by atoms with van der Waals surface area (Å²) in [6, 6.07) is 5.70. The lowest BCUT2D eigenvalue weighted by Gasteiger charge is -2.21. The van der Waals surface area contributed by atoms with Crippen LogP contribution in [0.1, 0.15) is 41.6 Å². The topological polar surface area (TPSA) is 87.8 Å². The van der Waals surface area contributed by atoms with E-state index >= 15 is 0 Å². The van der Waals surface area contributed by atoms with Crippen molar-refractivity contribution in [2.75, 3.05) is 0 Å². The highest BCUT2D eigenvalue weighted by molar-refractivity contribution is 7.10. The van der Waals surface area contributed by atoms with Crippen LogP contribution < -0.4 is 10.9 Å². The van der Waals surface area contributed by atoms with E-state index in [-0.39, 0.29) is 30.0 Å². The molecule has 126 valence electrons. The van der Waals surface area contributed by atoms with Gasteiger partial charge >= 0.3 is 0 Å². The van der Waals surface area contributed by atoms with Gasteiger partial charge in [0.1, 0.15) is 18.2 Å². The first kappa shape index (κ1) is 17.9. The molecular weight excluding hydrogens is 324 g/mol. The Kier molecular flexibility index (Phi) is 5.52. The lowest BCUT2D eigenvalue weighted by atomic mass is 10.0. The van der Waals surface area contributed by atoms with Gasteiger partial charge in [0.25, 0.3) is 5.56 Å². The van der Waals surface area contributed by atoms with Crippen LogP contribution in [-0.4, -0.2) is 15.7 Å². The third kappa shape index (κ3) is 3.71. The van der Waals surface area contributed by atoms with Gasteiger partial charge in [0.2, 0.25) is 5.91 Å². The Morgan fingerprint density at radius 3 is 2.71 bits per heavy atom. The first-order chi connectivity index (χ1) is 11.3. The molecule has 2 heterocycles. The van der Waals surface area contributed by atoms with E-state index < -0.39 is 5.56 Å². The number of nitrogens with zero attached hydrogens (tertiary/aromatic N) is 3. The number of hydrogen-bond donors (Lipinski definition) is 1. The van der Waals surface area contributed by atoms with Crippen LogP contribution in [0.2, 0.25) is 0 Å². The molecule has 0 aromatic carbocycles. The molecule has 0 bridgehead atoms. The Hall–Kier alpha value is -2.46. The first-order valence-corrected chi connectivity index (χ1v) is 8.54. The van der Waals surface area contributed by atoms with Gasteiger partial charge in [-0.3, -0.25) is 9.59 Å². The summed E-state index contributed by atoms with van der Waals surface area (Å²) >= 11 is 1.58. The second-order valence-corrected chi connectivity index (χ2v) is 6.94. The molecule has 1 N–H and O–H groups in total. The van der Waals surface area contributed by atoms with E-state index in [1.165, 1.54) is 0 Å². The summed E-state index contributed by atoms with van der Waals surface area (Å²) in [4.78, 5) is 25.7. The van der Waals surface area contributed by atoms with Crippen LogP contribution in [0.5, 0.6) is 0 Å². The molecule has 1 unspecified atom stereocenters. The fourth-order valence-corrected chi connectivity index (χ4v) is 3.35. The zero-order valence-corrected chi connectivity index (χ0v) is 15.0. The number of aryl methyl sites for hydroxylation is 1. The summed E-state index contributed by atoms with van der Waals surface area (Å²) in [5.74, 6) is -0.0875. The molecule has 2 aromatic rings. The van der Waals surface area contributed by atoms with E-state index in [9.17, 15) is 9.59 Å². The average Bonchev–Trinajstić information content (AvgIpc) is 3.04. The number of rotatable bonds is 5. The largest absolute Gasteiger partial charge is 0.347 e. The first-order valence-electron chi connectivity index (χ1n) is 7.66. The van der Waals surface area contributed by atoms with Crippen molar-refractivity contribution in [3.05, 3.63) is 49.6 Å². The number of aromatic nitrogens is 2. The number of carbonyl (C=O) groups excluding carboxylic acids is 1. The van der Waals surface area contributed by atoms with Crippen molar-refractivity contribution in [2.24, 2.45) is 5.92 Å². The van der Waals surface area contributed by atoms with Gasteiger partial charge in [-0.1, -0.05) is 19.9 Å². The molecule has 0 spiro atoms. The smallest absolute Gasteiger partial charge is 0.285 e. The number of nitriles is 1. The lowest BCUT2D eigenvalue weighted by Crippen LogP contribution is -2.38. The quantitative estimate of drug-likeness (QED) is 0.901. The molecule has 1 amide bonds. The van der Waals surface area contributed by atoms with Crippen LogP contribution in [0.3, 0.4) is 0 Å². The summed E-state index contributed by atoms with van der Waals surface area (Å²) in [5, 5.41) is 18.2. The molecule has 0 aliphatic carbocycles. The standard InChI is InChI=1S/C17H20N4O2S/c1-10(2)16(14-6-5-7-24-14)19-15(22)9-21-17(23)13(8-18)11(3)12(4)20-21/h5-7,10,16H,9H2,1-4H3,(H,19,22). The Bertz CT molecular complexity index is 832. The summed E-state index contributed by atoms with van der Waals surface area (Å²) in [5.41, 5.74) is 0.623. The highest BCUT2D eigenvalue weighted by Gasteiger charge is 2.20. The molecule has 0 aliphatic heterocycles. The van der Waals surface area contributed by atoms with E-state index in [4.69, 9.17) is 5.26 Å². The van der Waals surface area contributed by atoms with Crippen molar-refractivity contribution in [2.45, 2.75) is 40.3 Å². The fraction of sp³-hybridized carbons (Fsp3) is 0.412. The maximum atomic E-state index is 12.4. The van der Waals surface area contributed by atoms with Crippen LogP contribution in [0.25, 0.3) is 0 Å². The second-order valence-electron chi connectivity index (χ2n) is 5.96. The maximum Gasteiger partial charge on any atom is 0.285 e. The summed E-state index contributed by atoms with van der Waals surface area (Å²) < 4.78 is 1.06. The molecule has 0 radical (unpaired) electrons. The lowest BCUT2D eigenvalue weighted by molar-refractivity contribution is -0.123. The van der Waals surface area contributed by atoms with Gasteiger partial charge in [-0.15, -0.1) is 11.3 Å². The predicted octanol–water partition coefficient (Wildman–Crippen LogP) is 2.31. The Morgan fingerprint density at radius 2 is 2.17 bits per heavy atom. The van der Waals surface area contributed by atoms with Crippen molar-refractivity contribution in [1.29, 1.82) is 5.26 Å². The minimum Gasteiger partial charge on any atom is -0.347 e. The third-order valence-electron chi connectivity index (χ3n) is 3.87. The summed E-state index contributed by atoms with van der Waals surface area (Å²) in [6.45, 7) is 7.24. The van der Waals surface area contributed by atoms with E-state index in [0.29, 0.717) is 11.3 Å². The van der Waals surface area contributed by atoms with E-state index in [0.717, 1.165) is 9.56 Å². The van der Waals surface area contributed by atoms with E-state index in [1.54, 1.807) is 25.2 Å². The van der Waals surface area contributed by atoms with Gasteiger partial charge in [-0.2, -0.15) is 10.4 Å². The monoisotopic (exact) mass is 344 g/mol. The average molecular weight is 344 g/mol. The van der Waals surface area contributed by atoms with Crippen LogP contribution in [0, 0.1) is 31.1 Å². The normalized spacial score (nSPS) is 12.0. The predicted molar refractivity (Wildman–Crippen MR) is 92.7 cm³/mol. The second kappa shape index (κ2) is 7.41. The highest BCUT2D eigenvalue weighted by Crippen LogP contribution is 2.25. The van der Waals surface area contributed by atoms with E-state index in [1.807, 2.05) is 37.4 Å². The van der Waals surface area contributed by atoms with Crippen molar-refractivity contribution < 1.29 is 4.79 Å². The van der Waals surface area contributed by atoms with Gasteiger partial charge in [-0.25, -0.2) is 4.68 Å². The Morgan fingerprint density at radius 1 is 1.46 bits per heavy atom. The molecule has 0 aliphatic rings. The number of nitrogens with one attached hydrogen (secondary N) is 1. The number of carbonyl (C=O) groups is 1. The van der Waals surface area contributed by atoms with Gasteiger partial charge < -0.3 is 5.32 Å². The van der Waals surface area contributed by atoms with Gasteiger partial charge in [0.05, 0.1) is 11.7 Å². The minimum atomic E-state index is -0.534. The van der Waals surface area contributed by atoms with Crippen LogP contribution in [0.4, 0.5) is 0 Å².